The molecule has 1 aliphatic carbocycles. The molecular weight excluding hydrogens is 334 g/mol. The van der Waals surface area contributed by atoms with Crippen molar-refractivity contribution in [3.8, 4) is 5.19 Å². The number of amides is 1. The summed E-state index contributed by atoms with van der Waals surface area (Å²) < 4.78 is 5.40. The fourth-order valence-corrected chi connectivity index (χ4v) is 4.11. The molecule has 3 aromatic rings. The Morgan fingerprint density at radius 2 is 2.32 bits per heavy atom. The maximum absolute atomic E-state index is 12.6. The number of thiazole rings is 1. The lowest BCUT2D eigenvalue weighted by Crippen LogP contribution is -2.27. The predicted molar refractivity (Wildman–Crippen MR) is 99.0 cm³/mol. The van der Waals surface area contributed by atoms with E-state index in [1.165, 1.54) is 22.3 Å². The number of carbonyl (C=O) groups is 1. The lowest BCUT2D eigenvalue weighted by molar-refractivity contribution is -0.123. The molecular formula is C19H21N3O2S. The van der Waals surface area contributed by atoms with E-state index in [-0.39, 0.29) is 17.9 Å². The summed E-state index contributed by atoms with van der Waals surface area (Å²) in [6.07, 6.45) is 4.74. The van der Waals surface area contributed by atoms with Crippen LogP contribution >= 0.6 is 11.3 Å². The molecule has 2 N–H and O–H groups in total. The van der Waals surface area contributed by atoms with E-state index in [0.29, 0.717) is 17.7 Å². The zero-order valence-corrected chi connectivity index (χ0v) is 15.1. The highest BCUT2D eigenvalue weighted by Crippen LogP contribution is 2.49. The number of carbonyl (C=O) groups excluding carboxylic acids is 1. The van der Waals surface area contributed by atoms with Crippen LogP contribution in [0.1, 0.15) is 42.7 Å². The fourth-order valence-electron chi connectivity index (χ4n) is 3.28. The highest BCUT2D eigenvalue weighted by atomic mass is 32.1. The first kappa shape index (κ1) is 16.1. The van der Waals surface area contributed by atoms with Gasteiger partial charge in [0.1, 0.15) is 0 Å². The first-order chi connectivity index (χ1) is 12.2. The maximum Gasteiger partial charge on any atom is 0.273 e. The molecule has 0 aliphatic heterocycles. The minimum atomic E-state index is -0.0524. The number of ether oxygens (including phenoxy) is 1. The fraction of sp³-hybridized carbons (Fsp3) is 0.368. The minimum Gasteiger partial charge on any atom is -0.470 e. The Morgan fingerprint density at radius 1 is 1.48 bits per heavy atom. The number of nitrogens with zero attached hydrogens (tertiary/aromatic N) is 1. The zero-order chi connectivity index (χ0) is 17.4. The molecule has 6 heteroatoms. The second-order valence-corrected chi connectivity index (χ2v) is 7.45. The Bertz CT molecular complexity index is 901. The molecule has 4 rings (SSSR count). The second-order valence-electron chi connectivity index (χ2n) is 6.43. The van der Waals surface area contributed by atoms with E-state index in [0.717, 1.165) is 16.8 Å². The van der Waals surface area contributed by atoms with Gasteiger partial charge in [-0.1, -0.05) is 29.5 Å². The summed E-state index contributed by atoms with van der Waals surface area (Å²) in [4.78, 5) is 21.1. The molecule has 1 fully saturated rings. The lowest BCUT2D eigenvalue weighted by atomic mass is 10.1. The van der Waals surface area contributed by atoms with Gasteiger partial charge in [-0.2, -0.15) is 0 Å². The monoisotopic (exact) mass is 355 g/mol. The third kappa shape index (κ3) is 3.14. The first-order valence-corrected chi connectivity index (χ1v) is 9.44. The highest BCUT2D eigenvalue weighted by Gasteiger charge is 2.45. The van der Waals surface area contributed by atoms with E-state index >= 15 is 0 Å². The molecule has 5 nitrogen and oxygen atoms in total. The summed E-state index contributed by atoms with van der Waals surface area (Å²) in [7, 11) is 0. The van der Waals surface area contributed by atoms with Gasteiger partial charge in [0, 0.05) is 29.2 Å². The lowest BCUT2D eigenvalue weighted by Gasteiger charge is -2.11. The van der Waals surface area contributed by atoms with Crippen molar-refractivity contribution >= 4 is 28.1 Å². The molecule has 3 atom stereocenters. The molecule has 25 heavy (non-hydrogen) atoms. The van der Waals surface area contributed by atoms with Gasteiger partial charge in [-0.15, -0.1) is 0 Å². The number of benzene rings is 1. The number of aromatic nitrogens is 2. The number of rotatable bonds is 6. The van der Waals surface area contributed by atoms with Gasteiger partial charge < -0.3 is 15.0 Å². The van der Waals surface area contributed by atoms with Crippen molar-refractivity contribution in [2.24, 2.45) is 5.92 Å². The minimum absolute atomic E-state index is 0.0524. The summed E-state index contributed by atoms with van der Waals surface area (Å²) in [5.41, 5.74) is 2.38. The number of H-pyrrole nitrogens is 1. The van der Waals surface area contributed by atoms with Crippen LogP contribution in [0.3, 0.4) is 0 Å². The Kier molecular flexibility index (Phi) is 4.21. The Balaban J connectivity index is 1.40. The van der Waals surface area contributed by atoms with Gasteiger partial charge >= 0.3 is 0 Å². The molecule has 1 saturated carbocycles. The average molecular weight is 355 g/mol. The van der Waals surface area contributed by atoms with Crippen molar-refractivity contribution in [2.45, 2.75) is 32.2 Å². The Labute approximate surface area is 150 Å². The summed E-state index contributed by atoms with van der Waals surface area (Å²) in [6, 6.07) is 8.19. The number of para-hydroxylation sites is 1. The van der Waals surface area contributed by atoms with Crippen molar-refractivity contribution in [3.05, 3.63) is 47.1 Å². The van der Waals surface area contributed by atoms with Crippen molar-refractivity contribution in [3.63, 3.8) is 0 Å². The quantitative estimate of drug-likeness (QED) is 0.702. The van der Waals surface area contributed by atoms with Crippen LogP contribution in [-0.2, 0) is 4.79 Å². The number of fused-ring (bicyclic) bond motifs is 1. The smallest absolute Gasteiger partial charge is 0.273 e. The van der Waals surface area contributed by atoms with Crippen LogP contribution in [0.2, 0.25) is 0 Å². The third-order valence-corrected chi connectivity index (χ3v) is 5.80. The molecule has 1 aliphatic rings. The van der Waals surface area contributed by atoms with Crippen LogP contribution in [0.15, 0.2) is 36.7 Å². The van der Waals surface area contributed by atoms with Crippen molar-refractivity contribution in [1.82, 2.24) is 15.3 Å². The van der Waals surface area contributed by atoms with Crippen molar-refractivity contribution < 1.29 is 9.53 Å². The molecule has 0 bridgehead atoms. The highest BCUT2D eigenvalue weighted by molar-refractivity contribution is 7.13. The molecule has 1 amide bonds. The maximum atomic E-state index is 12.6. The van der Waals surface area contributed by atoms with Crippen molar-refractivity contribution in [1.29, 1.82) is 0 Å². The van der Waals surface area contributed by atoms with Crippen LogP contribution in [0.5, 0.6) is 5.19 Å². The first-order valence-electron chi connectivity index (χ1n) is 8.62. The molecule has 0 saturated heterocycles. The largest absolute Gasteiger partial charge is 0.470 e. The normalized spacial score (nSPS) is 20.4. The second kappa shape index (κ2) is 6.52. The summed E-state index contributed by atoms with van der Waals surface area (Å²) >= 11 is 1.49. The number of nitrogens with one attached hydrogen (secondary N) is 2. The number of hydrogen-bond acceptors (Lipinski definition) is 4. The Morgan fingerprint density at radius 3 is 3.16 bits per heavy atom. The molecule has 2 unspecified atom stereocenters. The zero-order valence-electron chi connectivity index (χ0n) is 14.3. The van der Waals surface area contributed by atoms with Gasteiger partial charge in [0.15, 0.2) is 0 Å². The van der Waals surface area contributed by atoms with Crippen LogP contribution in [-0.4, -0.2) is 22.5 Å². The van der Waals surface area contributed by atoms with Crippen LogP contribution in [0, 0.1) is 5.92 Å². The van der Waals surface area contributed by atoms with Gasteiger partial charge in [0.05, 0.1) is 17.5 Å². The number of aromatic amines is 1. The van der Waals surface area contributed by atoms with Crippen molar-refractivity contribution in [2.75, 3.05) is 6.61 Å². The van der Waals surface area contributed by atoms with Gasteiger partial charge in [0.25, 0.3) is 5.19 Å². The van der Waals surface area contributed by atoms with E-state index in [1.54, 1.807) is 6.20 Å². The molecule has 0 radical (unpaired) electrons. The standard InChI is InChI=1S/C19H21N3O2S/c1-3-24-19-21-10-17(25-19)11(2)22-18(23)14-8-13(14)15-9-20-16-7-5-4-6-12(15)16/h4-7,9-11,13-14,20H,3,8H2,1-2H3,(H,22,23)/t11-,13?,14?/m1/s1. The SMILES string of the molecule is CCOc1ncc([C@@H](C)NC(=O)C2CC2c2c[nH]c3ccccc23)s1. The Hall–Kier alpha value is -2.34. The van der Waals surface area contributed by atoms with E-state index in [4.69, 9.17) is 4.74 Å². The van der Waals surface area contributed by atoms with E-state index < -0.39 is 0 Å². The van der Waals surface area contributed by atoms with Crippen LogP contribution in [0.25, 0.3) is 10.9 Å². The average Bonchev–Trinajstić information content (AvgIpc) is 3.07. The van der Waals surface area contributed by atoms with Gasteiger partial charge in [0.2, 0.25) is 5.91 Å². The van der Waals surface area contributed by atoms with Gasteiger partial charge in [-0.25, -0.2) is 4.98 Å². The molecule has 1 aromatic carbocycles. The molecule has 130 valence electrons. The van der Waals surface area contributed by atoms with E-state index in [2.05, 4.69) is 27.4 Å². The van der Waals surface area contributed by atoms with Gasteiger partial charge in [-0.3, -0.25) is 4.79 Å². The topological polar surface area (TPSA) is 67.0 Å². The van der Waals surface area contributed by atoms with E-state index in [1.807, 2.05) is 32.2 Å². The molecule has 2 heterocycles. The molecule has 0 spiro atoms. The van der Waals surface area contributed by atoms with Crippen LogP contribution in [0.4, 0.5) is 0 Å². The summed E-state index contributed by atoms with van der Waals surface area (Å²) in [6.45, 7) is 4.52. The van der Waals surface area contributed by atoms with Gasteiger partial charge in [-0.05, 0) is 37.8 Å². The predicted octanol–water partition coefficient (Wildman–Crippen LogP) is 4.00. The summed E-state index contributed by atoms with van der Waals surface area (Å²) in [5, 5.41) is 5.00. The summed E-state index contributed by atoms with van der Waals surface area (Å²) in [5.74, 6) is 0.485. The van der Waals surface area contributed by atoms with Crippen LogP contribution < -0.4 is 10.1 Å². The molecule has 2 aromatic heterocycles. The third-order valence-electron chi connectivity index (χ3n) is 4.70. The number of hydrogen-bond donors (Lipinski definition) is 2. The van der Waals surface area contributed by atoms with E-state index in [9.17, 15) is 4.79 Å².